The number of morpholine rings is 1. The van der Waals surface area contributed by atoms with Crippen LogP contribution in [-0.2, 0) is 11.2 Å². The van der Waals surface area contributed by atoms with Crippen LogP contribution in [0.1, 0.15) is 22.3 Å². The molecule has 7 nitrogen and oxygen atoms in total. The Bertz CT molecular complexity index is 855. The zero-order valence-electron chi connectivity index (χ0n) is 15.2. The SMILES string of the molecule is COc1ccc(Cl)cc1C(=O)N1CCCc2cnc(N3CCOCC3)nc21. The Kier molecular flexibility index (Phi) is 5.13. The minimum absolute atomic E-state index is 0.165. The Balaban J connectivity index is 1.70. The summed E-state index contributed by atoms with van der Waals surface area (Å²) in [7, 11) is 1.54. The number of nitrogens with zero attached hydrogens (tertiary/aromatic N) is 4. The Morgan fingerprint density at radius 2 is 2.07 bits per heavy atom. The summed E-state index contributed by atoms with van der Waals surface area (Å²) < 4.78 is 10.8. The number of hydrogen-bond acceptors (Lipinski definition) is 6. The lowest BCUT2D eigenvalue weighted by atomic mass is 10.1. The highest BCUT2D eigenvalue weighted by atomic mass is 35.5. The Labute approximate surface area is 162 Å². The predicted octanol–water partition coefficient (Wildman–Crippen LogP) is 2.57. The van der Waals surface area contributed by atoms with Crippen molar-refractivity contribution in [2.24, 2.45) is 0 Å². The van der Waals surface area contributed by atoms with Crippen molar-refractivity contribution >= 4 is 29.3 Å². The maximum Gasteiger partial charge on any atom is 0.263 e. The fourth-order valence-corrected chi connectivity index (χ4v) is 3.61. The van der Waals surface area contributed by atoms with E-state index in [4.69, 9.17) is 26.1 Å². The maximum absolute atomic E-state index is 13.3. The molecule has 0 spiro atoms. The van der Waals surface area contributed by atoms with Gasteiger partial charge in [0.1, 0.15) is 11.6 Å². The van der Waals surface area contributed by atoms with Gasteiger partial charge in [-0.1, -0.05) is 11.6 Å². The summed E-state index contributed by atoms with van der Waals surface area (Å²) in [6.45, 7) is 3.40. The van der Waals surface area contributed by atoms with E-state index in [-0.39, 0.29) is 5.91 Å². The van der Waals surface area contributed by atoms with Gasteiger partial charge in [0.25, 0.3) is 5.91 Å². The van der Waals surface area contributed by atoms with Crippen molar-refractivity contribution in [3.63, 3.8) is 0 Å². The molecule has 1 fully saturated rings. The maximum atomic E-state index is 13.3. The van der Waals surface area contributed by atoms with Crippen LogP contribution in [0.15, 0.2) is 24.4 Å². The van der Waals surface area contributed by atoms with E-state index in [1.807, 2.05) is 6.20 Å². The third-order valence-corrected chi connectivity index (χ3v) is 5.08. The number of methoxy groups -OCH3 is 1. The van der Waals surface area contributed by atoms with Crippen LogP contribution in [0.5, 0.6) is 5.75 Å². The quantitative estimate of drug-likeness (QED) is 0.805. The first kappa shape index (κ1) is 18.0. The normalized spacial score (nSPS) is 16.8. The molecule has 1 amide bonds. The van der Waals surface area contributed by atoms with Crippen molar-refractivity contribution in [1.29, 1.82) is 0 Å². The van der Waals surface area contributed by atoms with Gasteiger partial charge in [0.05, 0.1) is 25.9 Å². The lowest BCUT2D eigenvalue weighted by Gasteiger charge is -2.31. The number of hydrogen-bond donors (Lipinski definition) is 0. The summed E-state index contributed by atoms with van der Waals surface area (Å²) in [6, 6.07) is 5.06. The molecule has 0 atom stereocenters. The van der Waals surface area contributed by atoms with Crippen LogP contribution in [0.3, 0.4) is 0 Å². The second-order valence-electron chi connectivity index (χ2n) is 6.52. The van der Waals surface area contributed by atoms with Crippen LogP contribution in [0.25, 0.3) is 0 Å². The molecule has 8 heteroatoms. The standard InChI is InChI=1S/C19H21ClN4O3/c1-26-16-5-4-14(20)11-15(16)18(25)24-6-2-3-13-12-21-19(22-17(13)24)23-7-9-27-10-8-23/h4-5,11-12H,2-3,6-10H2,1H3. The lowest BCUT2D eigenvalue weighted by Crippen LogP contribution is -2.39. The number of amides is 1. The van der Waals surface area contributed by atoms with Gasteiger partial charge in [0.15, 0.2) is 0 Å². The molecule has 0 aliphatic carbocycles. The lowest BCUT2D eigenvalue weighted by molar-refractivity contribution is 0.0981. The molecular formula is C19H21ClN4O3. The summed E-state index contributed by atoms with van der Waals surface area (Å²) in [5.41, 5.74) is 1.41. The highest BCUT2D eigenvalue weighted by molar-refractivity contribution is 6.31. The van der Waals surface area contributed by atoms with Crippen LogP contribution in [0.4, 0.5) is 11.8 Å². The molecule has 2 aromatic rings. The van der Waals surface area contributed by atoms with E-state index in [1.165, 1.54) is 0 Å². The summed E-state index contributed by atoms with van der Waals surface area (Å²) in [6.07, 6.45) is 3.55. The number of halogens is 1. The van der Waals surface area contributed by atoms with E-state index in [1.54, 1.807) is 30.2 Å². The first-order valence-corrected chi connectivity index (χ1v) is 9.39. The average Bonchev–Trinajstić information content (AvgIpc) is 2.73. The van der Waals surface area contributed by atoms with E-state index in [9.17, 15) is 4.79 Å². The first-order chi connectivity index (χ1) is 13.2. The fourth-order valence-electron chi connectivity index (χ4n) is 3.44. The van der Waals surface area contributed by atoms with Crippen molar-refractivity contribution in [2.75, 3.05) is 49.8 Å². The second-order valence-corrected chi connectivity index (χ2v) is 6.96. The van der Waals surface area contributed by atoms with E-state index in [0.717, 1.165) is 31.5 Å². The number of carbonyl (C=O) groups is 1. The Hall–Kier alpha value is -2.38. The van der Waals surface area contributed by atoms with Gasteiger partial charge in [0.2, 0.25) is 5.95 Å². The van der Waals surface area contributed by atoms with Gasteiger partial charge in [-0.2, -0.15) is 4.98 Å². The molecule has 1 aromatic heterocycles. The highest BCUT2D eigenvalue weighted by Crippen LogP contribution is 2.31. The van der Waals surface area contributed by atoms with Gasteiger partial charge in [-0.05, 0) is 31.0 Å². The number of benzene rings is 1. The monoisotopic (exact) mass is 388 g/mol. The van der Waals surface area contributed by atoms with Gasteiger partial charge < -0.3 is 14.4 Å². The van der Waals surface area contributed by atoms with Gasteiger partial charge in [-0.3, -0.25) is 9.69 Å². The summed E-state index contributed by atoms with van der Waals surface area (Å²) in [5, 5.41) is 0.494. The Morgan fingerprint density at radius 3 is 2.85 bits per heavy atom. The van der Waals surface area contributed by atoms with Crippen LogP contribution < -0.4 is 14.5 Å². The minimum Gasteiger partial charge on any atom is -0.496 e. The molecule has 27 heavy (non-hydrogen) atoms. The number of rotatable bonds is 3. The van der Waals surface area contributed by atoms with E-state index >= 15 is 0 Å². The number of aromatic nitrogens is 2. The van der Waals surface area contributed by atoms with Crippen molar-refractivity contribution in [3.8, 4) is 5.75 Å². The predicted molar refractivity (Wildman–Crippen MR) is 103 cm³/mol. The molecule has 2 aliphatic heterocycles. The summed E-state index contributed by atoms with van der Waals surface area (Å²) in [5.74, 6) is 1.64. The minimum atomic E-state index is -0.165. The molecule has 1 saturated heterocycles. The Morgan fingerprint density at radius 1 is 1.26 bits per heavy atom. The van der Waals surface area contributed by atoms with Crippen LogP contribution in [0, 0.1) is 0 Å². The molecule has 0 N–H and O–H groups in total. The second kappa shape index (κ2) is 7.70. The molecule has 142 valence electrons. The van der Waals surface area contributed by atoms with Crippen LogP contribution in [-0.4, -0.2) is 55.8 Å². The number of anilines is 2. The zero-order chi connectivity index (χ0) is 18.8. The third-order valence-electron chi connectivity index (χ3n) is 4.84. The molecule has 1 aromatic carbocycles. The smallest absolute Gasteiger partial charge is 0.263 e. The van der Waals surface area contributed by atoms with Gasteiger partial charge in [-0.15, -0.1) is 0 Å². The summed E-state index contributed by atoms with van der Waals surface area (Å²) >= 11 is 6.11. The number of aryl methyl sites for hydroxylation is 1. The van der Waals surface area contributed by atoms with Crippen molar-refractivity contribution in [3.05, 3.63) is 40.5 Å². The molecule has 3 heterocycles. The van der Waals surface area contributed by atoms with Gasteiger partial charge in [-0.25, -0.2) is 4.98 Å². The van der Waals surface area contributed by atoms with E-state index < -0.39 is 0 Å². The van der Waals surface area contributed by atoms with Gasteiger partial charge >= 0.3 is 0 Å². The third kappa shape index (κ3) is 3.57. The number of ether oxygens (including phenoxy) is 2. The molecule has 0 radical (unpaired) electrons. The molecule has 2 aliphatic rings. The topological polar surface area (TPSA) is 67.8 Å². The molecule has 0 unspecified atom stereocenters. The van der Waals surface area contributed by atoms with E-state index in [2.05, 4.69) is 9.88 Å². The number of fused-ring (bicyclic) bond motifs is 1. The average molecular weight is 389 g/mol. The van der Waals surface area contributed by atoms with Crippen molar-refractivity contribution < 1.29 is 14.3 Å². The van der Waals surface area contributed by atoms with Crippen molar-refractivity contribution in [2.45, 2.75) is 12.8 Å². The molecule has 4 rings (SSSR count). The highest BCUT2D eigenvalue weighted by Gasteiger charge is 2.28. The summed E-state index contributed by atoms with van der Waals surface area (Å²) in [4.78, 5) is 26.3. The molecular weight excluding hydrogens is 368 g/mol. The van der Waals surface area contributed by atoms with Crippen LogP contribution >= 0.6 is 11.6 Å². The largest absolute Gasteiger partial charge is 0.496 e. The van der Waals surface area contributed by atoms with Crippen LogP contribution in [0.2, 0.25) is 5.02 Å². The fraction of sp³-hybridized carbons (Fsp3) is 0.421. The first-order valence-electron chi connectivity index (χ1n) is 9.01. The number of carbonyl (C=O) groups excluding carboxylic acids is 1. The zero-order valence-corrected chi connectivity index (χ0v) is 15.9. The molecule has 0 saturated carbocycles. The molecule has 0 bridgehead atoms. The van der Waals surface area contributed by atoms with Crippen molar-refractivity contribution in [1.82, 2.24) is 9.97 Å². The van der Waals surface area contributed by atoms with Gasteiger partial charge in [0, 0.05) is 36.4 Å². The van der Waals surface area contributed by atoms with E-state index in [0.29, 0.717) is 47.9 Å².